The highest BCUT2D eigenvalue weighted by Crippen LogP contribution is 2.77. The molecule has 4 heteroatoms. The van der Waals surface area contributed by atoms with Gasteiger partial charge in [-0.15, -0.1) is 0 Å². The third kappa shape index (κ3) is 2.79. The number of carbonyl (C=O) groups is 2. The normalized spacial score (nSPS) is 50.0. The Hall–Kier alpha value is -1.89. The minimum absolute atomic E-state index is 0.00476. The SMILES string of the molecule is C=C(C)[C@@H]1CC[C@]2(C(=O)O)CC[C@]3(C)[C@H](CC[C@@H]4[C@@]5(C)C=C(C#N)C(=O)C(C)(C)[C@@H]5CC[C@]43C)[C@@H]12. The number of ketones is 1. The van der Waals surface area contributed by atoms with Gasteiger partial charge in [-0.1, -0.05) is 52.8 Å². The lowest BCUT2D eigenvalue weighted by Crippen LogP contribution is -2.66. The molecule has 0 aliphatic heterocycles. The van der Waals surface area contributed by atoms with E-state index in [-0.39, 0.29) is 33.9 Å². The van der Waals surface area contributed by atoms with Gasteiger partial charge in [-0.05, 0) is 104 Å². The third-order valence-electron chi connectivity index (χ3n) is 12.9. The molecule has 0 radical (unpaired) electrons. The molecule has 0 spiro atoms. The largest absolute Gasteiger partial charge is 0.481 e. The van der Waals surface area contributed by atoms with Crippen LogP contribution in [0.3, 0.4) is 0 Å². The lowest BCUT2D eigenvalue weighted by atomic mass is 9.32. The average molecular weight is 478 g/mol. The Labute approximate surface area is 211 Å². The topological polar surface area (TPSA) is 78.2 Å². The Morgan fingerprint density at radius 2 is 1.69 bits per heavy atom. The number of carboxylic acids is 1. The molecule has 4 fully saturated rings. The summed E-state index contributed by atoms with van der Waals surface area (Å²) in [5, 5.41) is 20.4. The third-order valence-corrected chi connectivity index (χ3v) is 12.9. The molecule has 35 heavy (non-hydrogen) atoms. The summed E-state index contributed by atoms with van der Waals surface area (Å²) in [5.74, 6) is 0.848. The zero-order valence-electron chi connectivity index (χ0n) is 22.5. The molecule has 0 unspecified atom stereocenters. The monoisotopic (exact) mass is 477 g/mol. The van der Waals surface area contributed by atoms with E-state index in [0.29, 0.717) is 23.3 Å². The smallest absolute Gasteiger partial charge is 0.309 e. The maximum absolute atomic E-state index is 13.2. The summed E-state index contributed by atoms with van der Waals surface area (Å²) >= 11 is 0. The van der Waals surface area contributed by atoms with Crippen LogP contribution in [0.25, 0.3) is 0 Å². The van der Waals surface area contributed by atoms with Crippen LogP contribution in [-0.2, 0) is 9.59 Å². The van der Waals surface area contributed by atoms with Crippen LogP contribution < -0.4 is 0 Å². The molecule has 5 aliphatic carbocycles. The minimum Gasteiger partial charge on any atom is -0.481 e. The highest BCUT2D eigenvalue weighted by atomic mass is 16.4. The molecule has 4 saturated carbocycles. The second-order valence-electron chi connectivity index (χ2n) is 14.2. The molecule has 1 N–H and O–H groups in total. The average Bonchev–Trinajstić information content (AvgIpc) is 3.18. The summed E-state index contributed by atoms with van der Waals surface area (Å²) < 4.78 is 0. The van der Waals surface area contributed by atoms with Gasteiger partial charge >= 0.3 is 5.97 Å². The molecule has 0 bridgehead atoms. The first-order valence-electron chi connectivity index (χ1n) is 13.8. The molecule has 190 valence electrons. The number of nitriles is 1. The summed E-state index contributed by atoms with van der Waals surface area (Å²) in [6.45, 7) is 17.8. The van der Waals surface area contributed by atoms with Crippen molar-refractivity contribution in [3.63, 3.8) is 0 Å². The van der Waals surface area contributed by atoms with Crippen LogP contribution in [0.1, 0.15) is 92.9 Å². The highest BCUT2D eigenvalue weighted by molar-refractivity contribution is 6.04. The van der Waals surface area contributed by atoms with Crippen LogP contribution >= 0.6 is 0 Å². The van der Waals surface area contributed by atoms with Crippen molar-refractivity contribution in [1.82, 2.24) is 0 Å². The van der Waals surface area contributed by atoms with Gasteiger partial charge in [0.25, 0.3) is 0 Å². The minimum atomic E-state index is -0.606. The standard InChI is InChI=1S/C31H43NO3/c1-18(2)20-10-13-31(26(34)35)15-14-29(6)21(24(20)31)8-9-23-28(5)16-19(17-32)25(33)27(3,4)22(28)11-12-30(23,29)7/h16,20-24H,1,8-15H2,2-7H3,(H,34,35)/t20-,21+,22-,23+,24+,28-,29+,30+,31-/m0/s1. The number of aliphatic carboxylic acids is 1. The Bertz CT molecular complexity index is 1080. The number of hydrogen-bond donors (Lipinski definition) is 1. The first kappa shape index (κ1) is 24.8. The van der Waals surface area contributed by atoms with Crippen LogP contribution in [0.4, 0.5) is 0 Å². The van der Waals surface area contributed by atoms with Gasteiger partial charge in [-0.3, -0.25) is 9.59 Å². The van der Waals surface area contributed by atoms with E-state index in [2.05, 4.69) is 60.3 Å². The Morgan fingerprint density at radius 1 is 1.00 bits per heavy atom. The number of allylic oxidation sites excluding steroid dienone is 3. The van der Waals surface area contributed by atoms with Crippen molar-refractivity contribution in [1.29, 1.82) is 5.26 Å². The van der Waals surface area contributed by atoms with Crippen LogP contribution in [0.5, 0.6) is 0 Å². The Morgan fingerprint density at radius 3 is 2.29 bits per heavy atom. The number of carbonyl (C=O) groups excluding carboxylic acids is 1. The van der Waals surface area contributed by atoms with Crippen molar-refractivity contribution < 1.29 is 14.7 Å². The lowest BCUT2D eigenvalue weighted by molar-refractivity contribution is -0.221. The molecule has 0 heterocycles. The first-order chi connectivity index (χ1) is 16.2. The molecule has 0 amide bonds. The van der Waals surface area contributed by atoms with Gasteiger partial charge in [-0.25, -0.2) is 0 Å². The molecule has 0 saturated heterocycles. The summed E-state index contributed by atoms with van der Waals surface area (Å²) in [6, 6.07) is 2.24. The molecular formula is C31H43NO3. The molecule has 5 aliphatic rings. The van der Waals surface area contributed by atoms with Crippen molar-refractivity contribution >= 4 is 11.8 Å². The van der Waals surface area contributed by atoms with E-state index in [1.165, 1.54) is 0 Å². The fourth-order valence-corrected chi connectivity index (χ4v) is 11.1. The van der Waals surface area contributed by atoms with E-state index in [0.717, 1.165) is 56.9 Å². The number of rotatable bonds is 2. The van der Waals surface area contributed by atoms with Crippen LogP contribution in [-0.4, -0.2) is 16.9 Å². The lowest BCUT2D eigenvalue weighted by Gasteiger charge is -2.71. The number of Topliss-reactive ketones (excluding diaryl/α,β-unsaturated/α-hetero) is 1. The quantitative estimate of drug-likeness (QED) is 0.436. The molecule has 0 aromatic rings. The Kier molecular flexibility index (Phi) is 5.19. The van der Waals surface area contributed by atoms with Crippen LogP contribution in [0.15, 0.2) is 23.8 Å². The Balaban J connectivity index is 1.62. The summed E-state index contributed by atoms with van der Waals surface area (Å²) in [5.41, 5.74) is 0.241. The van der Waals surface area contributed by atoms with Gasteiger partial charge < -0.3 is 5.11 Å². The summed E-state index contributed by atoms with van der Waals surface area (Å²) in [6.07, 6.45) is 9.63. The number of carboxylic acid groups (broad SMARTS) is 1. The molecule has 9 atom stereocenters. The maximum atomic E-state index is 13.2. The van der Waals surface area contributed by atoms with E-state index in [1.54, 1.807) is 0 Å². The zero-order valence-corrected chi connectivity index (χ0v) is 22.5. The highest BCUT2D eigenvalue weighted by Gasteiger charge is 2.72. The molecule has 0 aromatic carbocycles. The second-order valence-corrected chi connectivity index (χ2v) is 14.2. The molecule has 4 nitrogen and oxygen atoms in total. The van der Waals surface area contributed by atoms with E-state index in [9.17, 15) is 20.0 Å². The predicted octanol–water partition coefficient (Wildman–Crippen LogP) is 6.97. The maximum Gasteiger partial charge on any atom is 0.309 e. The van der Waals surface area contributed by atoms with Crippen molar-refractivity contribution in [2.45, 2.75) is 92.9 Å². The zero-order chi connectivity index (χ0) is 25.8. The van der Waals surface area contributed by atoms with Crippen molar-refractivity contribution in [3.8, 4) is 6.07 Å². The number of nitrogens with zero attached hydrogens (tertiary/aromatic N) is 1. The van der Waals surface area contributed by atoms with Gasteiger partial charge in [0, 0.05) is 5.41 Å². The second kappa shape index (κ2) is 7.33. The van der Waals surface area contributed by atoms with E-state index >= 15 is 0 Å². The fraction of sp³-hybridized carbons (Fsp3) is 0.774. The van der Waals surface area contributed by atoms with E-state index in [1.807, 2.05) is 0 Å². The number of hydrogen-bond acceptors (Lipinski definition) is 3. The molecular weight excluding hydrogens is 434 g/mol. The van der Waals surface area contributed by atoms with Gasteiger partial charge in [0.2, 0.25) is 0 Å². The molecule has 0 aromatic heterocycles. The van der Waals surface area contributed by atoms with Crippen molar-refractivity contribution in [2.24, 2.45) is 56.7 Å². The molecule has 5 rings (SSSR count). The number of fused-ring (bicyclic) bond motifs is 7. The van der Waals surface area contributed by atoms with Gasteiger partial charge in [0.15, 0.2) is 5.78 Å². The van der Waals surface area contributed by atoms with Crippen molar-refractivity contribution in [3.05, 3.63) is 23.8 Å². The predicted molar refractivity (Wildman–Crippen MR) is 136 cm³/mol. The van der Waals surface area contributed by atoms with Gasteiger partial charge in [0.05, 0.1) is 11.0 Å². The van der Waals surface area contributed by atoms with E-state index in [4.69, 9.17) is 0 Å². The van der Waals surface area contributed by atoms with Gasteiger partial charge in [-0.2, -0.15) is 5.26 Å². The summed E-state index contributed by atoms with van der Waals surface area (Å²) in [7, 11) is 0. The van der Waals surface area contributed by atoms with Gasteiger partial charge in [0.1, 0.15) is 6.07 Å². The fourth-order valence-electron chi connectivity index (χ4n) is 11.1. The van der Waals surface area contributed by atoms with Crippen molar-refractivity contribution in [2.75, 3.05) is 0 Å². The summed E-state index contributed by atoms with van der Waals surface area (Å²) in [4.78, 5) is 26.0. The first-order valence-corrected chi connectivity index (χ1v) is 13.8. The van der Waals surface area contributed by atoms with E-state index < -0.39 is 16.8 Å². The van der Waals surface area contributed by atoms with Crippen LogP contribution in [0, 0.1) is 68.0 Å². The van der Waals surface area contributed by atoms with Crippen LogP contribution in [0.2, 0.25) is 0 Å².